The highest BCUT2D eigenvalue weighted by molar-refractivity contribution is 5.93. The zero-order valence-electron chi connectivity index (χ0n) is 11.0. The fourth-order valence-corrected chi connectivity index (χ4v) is 2.79. The van der Waals surface area contributed by atoms with Crippen molar-refractivity contribution in [2.75, 3.05) is 20.1 Å². The molecule has 3 N–H and O–H groups in total. The number of aromatic amines is 1. The number of likely N-dealkylation sites (tertiary alicyclic amines) is 1. The molecule has 1 aliphatic heterocycles. The molecular weight excluding hydrogens is 240 g/mol. The molecule has 1 saturated heterocycles. The topological polar surface area (TPSA) is 75.0 Å². The number of piperidine rings is 1. The van der Waals surface area contributed by atoms with Crippen molar-refractivity contribution in [3.63, 3.8) is 0 Å². The lowest BCUT2D eigenvalue weighted by molar-refractivity contribution is 0.0996. The summed E-state index contributed by atoms with van der Waals surface area (Å²) in [6, 6.07) is 3.54. The first-order valence-corrected chi connectivity index (χ1v) is 6.61. The highest BCUT2D eigenvalue weighted by Crippen LogP contribution is 2.31. The summed E-state index contributed by atoms with van der Waals surface area (Å²) in [5, 5.41) is 0. The van der Waals surface area contributed by atoms with Crippen LogP contribution in [0.4, 0.5) is 0 Å². The fraction of sp³-hybridized carbons (Fsp3) is 0.429. The van der Waals surface area contributed by atoms with Crippen LogP contribution in [0.25, 0.3) is 11.0 Å². The third-order valence-electron chi connectivity index (χ3n) is 3.96. The molecule has 5 nitrogen and oxygen atoms in total. The van der Waals surface area contributed by atoms with Crippen molar-refractivity contribution in [3.8, 4) is 0 Å². The summed E-state index contributed by atoms with van der Waals surface area (Å²) < 4.78 is 0. The average molecular weight is 258 g/mol. The number of H-pyrrole nitrogens is 1. The first-order valence-electron chi connectivity index (χ1n) is 6.61. The number of carbonyl (C=O) groups is 1. The molecule has 1 fully saturated rings. The molecule has 0 aromatic carbocycles. The van der Waals surface area contributed by atoms with Gasteiger partial charge in [0.05, 0.1) is 11.0 Å². The van der Waals surface area contributed by atoms with Gasteiger partial charge in [-0.1, -0.05) is 0 Å². The quantitative estimate of drug-likeness (QED) is 0.856. The number of rotatable bonds is 2. The molecular formula is C14H18N4O. The van der Waals surface area contributed by atoms with Crippen molar-refractivity contribution >= 4 is 16.9 Å². The molecule has 100 valence electrons. The van der Waals surface area contributed by atoms with E-state index in [9.17, 15) is 4.79 Å². The van der Waals surface area contributed by atoms with Crippen LogP contribution in [0.3, 0.4) is 0 Å². The zero-order chi connectivity index (χ0) is 13.4. The van der Waals surface area contributed by atoms with E-state index in [1.807, 2.05) is 12.3 Å². The van der Waals surface area contributed by atoms with Crippen LogP contribution in [-0.2, 0) is 0 Å². The van der Waals surface area contributed by atoms with E-state index in [1.54, 1.807) is 6.07 Å². The number of nitrogens with zero attached hydrogens (tertiary/aromatic N) is 2. The average Bonchev–Trinajstić information content (AvgIpc) is 2.82. The van der Waals surface area contributed by atoms with E-state index in [0.717, 1.165) is 37.0 Å². The molecule has 2 aromatic rings. The van der Waals surface area contributed by atoms with Crippen LogP contribution in [0.15, 0.2) is 18.3 Å². The van der Waals surface area contributed by atoms with Crippen LogP contribution in [0.2, 0.25) is 0 Å². The van der Waals surface area contributed by atoms with Gasteiger partial charge in [-0.15, -0.1) is 0 Å². The van der Waals surface area contributed by atoms with E-state index in [4.69, 9.17) is 5.73 Å². The monoisotopic (exact) mass is 258 g/mol. The van der Waals surface area contributed by atoms with Gasteiger partial charge in [0.2, 0.25) is 0 Å². The minimum absolute atomic E-state index is 0.335. The van der Waals surface area contributed by atoms with Crippen LogP contribution < -0.4 is 5.73 Å². The number of pyridine rings is 1. The third-order valence-corrected chi connectivity index (χ3v) is 3.96. The van der Waals surface area contributed by atoms with E-state index < -0.39 is 5.91 Å². The lowest BCUT2D eigenvalue weighted by Crippen LogP contribution is -2.29. The Bertz CT molecular complexity index is 611. The van der Waals surface area contributed by atoms with Crippen LogP contribution in [-0.4, -0.2) is 40.9 Å². The van der Waals surface area contributed by atoms with Crippen molar-refractivity contribution in [3.05, 3.63) is 29.6 Å². The molecule has 3 rings (SSSR count). The van der Waals surface area contributed by atoms with Crippen LogP contribution in [0.1, 0.15) is 34.8 Å². The van der Waals surface area contributed by atoms with Gasteiger partial charge in [0.1, 0.15) is 5.69 Å². The van der Waals surface area contributed by atoms with Gasteiger partial charge >= 0.3 is 0 Å². The SMILES string of the molecule is CN1CCC(c2c[nH]c3ccc(C(N)=O)nc23)CC1. The normalized spacial score (nSPS) is 17.9. The van der Waals surface area contributed by atoms with E-state index >= 15 is 0 Å². The molecule has 0 radical (unpaired) electrons. The van der Waals surface area contributed by atoms with Crippen molar-refractivity contribution in [1.82, 2.24) is 14.9 Å². The van der Waals surface area contributed by atoms with Crippen LogP contribution in [0.5, 0.6) is 0 Å². The Morgan fingerprint density at radius 1 is 1.42 bits per heavy atom. The highest BCUT2D eigenvalue weighted by atomic mass is 16.1. The molecule has 0 spiro atoms. The molecule has 0 saturated carbocycles. The Kier molecular flexibility index (Phi) is 2.98. The van der Waals surface area contributed by atoms with Gasteiger partial charge in [0, 0.05) is 6.20 Å². The molecule has 5 heteroatoms. The molecule has 0 atom stereocenters. The smallest absolute Gasteiger partial charge is 0.267 e. The van der Waals surface area contributed by atoms with E-state index in [1.165, 1.54) is 5.56 Å². The van der Waals surface area contributed by atoms with E-state index in [2.05, 4.69) is 21.9 Å². The molecule has 3 heterocycles. The molecule has 0 aliphatic carbocycles. The second-order valence-electron chi connectivity index (χ2n) is 5.28. The number of aromatic nitrogens is 2. The molecule has 1 aliphatic rings. The maximum absolute atomic E-state index is 11.2. The molecule has 0 bridgehead atoms. The van der Waals surface area contributed by atoms with Crippen molar-refractivity contribution in [2.45, 2.75) is 18.8 Å². The molecule has 0 unspecified atom stereocenters. The predicted octanol–water partition coefficient (Wildman–Crippen LogP) is 1.47. The predicted molar refractivity (Wildman–Crippen MR) is 74.1 cm³/mol. The number of nitrogens with one attached hydrogen (secondary N) is 1. The summed E-state index contributed by atoms with van der Waals surface area (Å²) in [5.41, 5.74) is 8.72. The summed E-state index contributed by atoms with van der Waals surface area (Å²) in [7, 11) is 2.15. The summed E-state index contributed by atoms with van der Waals surface area (Å²) in [4.78, 5) is 21.2. The van der Waals surface area contributed by atoms with Gasteiger partial charge in [-0.2, -0.15) is 0 Å². The summed E-state index contributed by atoms with van der Waals surface area (Å²) in [6.45, 7) is 2.21. The number of primary amides is 1. The second kappa shape index (κ2) is 4.66. The maximum atomic E-state index is 11.2. The van der Waals surface area contributed by atoms with Gasteiger partial charge in [-0.05, 0) is 56.6 Å². The standard InChI is InChI=1S/C14H18N4O/c1-18-6-4-9(5-7-18)10-8-16-11-2-3-12(14(15)19)17-13(10)11/h2-3,8-9,16H,4-7H2,1H3,(H2,15,19). The number of fused-ring (bicyclic) bond motifs is 1. The van der Waals surface area contributed by atoms with Gasteiger partial charge in [-0.25, -0.2) is 4.98 Å². The largest absolute Gasteiger partial charge is 0.364 e. The lowest BCUT2D eigenvalue weighted by Gasteiger charge is -2.28. The lowest BCUT2D eigenvalue weighted by atomic mass is 9.90. The first-order chi connectivity index (χ1) is 9.15. The van der Waals surface area contributed by atoms with Gasteiger partial charge < -0.3 is 15.6 Å². The number of amides is 1. The van der Waals surface area contributed by atoms with Crippen molar-refractivity contribution in [1.29, 1.82) is 0 Å². The van der Waals surface area contributed by atoms with E-state index in [0.29, 0.717) is 11.6 Å². The minimum atomic E-state index is -0.475. The Hall–Kier alpha value is -1.88. The van der Waals surface area contributed by atoms with Gasteiger partial charge in [0.25, 0.3) is 5.91 Å². The van der Waals surface area contributed by atoms with Crippen LogP contribution >= 0.6 is 0 Å². The molecule has 2 aromatic heterocycles. The Morgan fingerprint density at radius 3 is 2.84 bits per heavy atom. The zero-order valence-corrected chi connectivity index (χ0v) is 11.0. The van der Waals surface area contributed by atoms with Crippen LogP contribution in [0, 0.1) is 0 Å². The van der Waals surface area contributed by atoms with E-state index in [-0.39, 0.29) is 0 Å². The molecule has 19 heavy (non-hydrogen) atoms. The Balaban J connectivity index is 1.99. The van der Waals surface area contributed by atoms with Gasteiger partial charge in [0.15, 0.2) is 0 Å². The Labute approximate surface area is 111 Å². The second-order valence-corrected chi connectivity index (χ2v) is 5.28. The molecule has 1 amide bonds. The minimum Gasteiger partial charge on any atom is -0.364 e. The number of carbonyl (C=O) groups excluding carboxylic acids is 1. The first kappa shape index (κ1) is 12.2. The summed E-state index contributed by atoms with van der Waals surface area (Å²) in [5.74, 6) is 0.0398. The van der Waals surface area contributed by atoms with Gasteiger partial charge in [-0.3, -0.25) is 4.79 Å². The third kappa shape index (κ3) is 2.21. The highest BCUT2D eigenvalue weighted by Gasteiger charge is 2.22. The summed E-state index contributed by atoms with van der Waals surface area (Å²) >= 11 is 0. The number of hydrogen-bond donors (Lipinski definition) is 2. The summed E-state index contributed by atoms with van der Waals surface area (Å²) in [6.07, 6.45) is 4.29. The Morgan fingerprint density at radius 2 is 2.16 bits per heavy atom. The number of nitrogens with two attached hydrogens (primary N) is 1. The van der Waals surface area contributed by atoms with Crippen molar-refractivity contribution < 1.29 is 4.79 Å². The number of hydrogen-bond acceptors (Lipinski definition) is 3. The maximum Gasteiger partial charge on any atom is 0.267 e. The fourth-order valence-electron chi connectivity index (χ4n) is 2.79. The van der Waals surface area contributed by atoms with Crippen molar-refractivity contribution in [2.24, 2.45) is 5.73 Å².